The molecule has 0 spiro atoms. The van der Waals surface area contributed by atoms with E-state index in [1.165, 1.54) is 0 Å². The van der Waals surface area contributed by atoms with Crippen LogP contribution >= 0.6 is 11.6 Å². The third-order valence-electron chi connectivity index (χ3n) is 6.07. The van der Waals surface area contributed by atoms with Crippen molar-refractivity contribution in [2.45, 2.75) is 44.6 Å². The molecule has 1 saturated carbocycles. The standard InChI is InChI=1S/C23H27ClN4O3/c1-2-12-27(23(30)16-7-5-8-16)15-20(29)28-13-4-3-11-19(28)22-25-21(26-31-22)17-9-6-10-18(24)14-17/h2,6,9-10,14,16,19H,1,3-5,7-8,11-13,15H2. The lowest BCUT2D eigenvalue weighted by molar-refractivity contribution is -0.146. The second-order valence-corrected chi connectivity index (χ2v) is 8.64. The molecule has 0 radical (unpaired) electrons. The molecule has 2 heterocycles. The van der Waals surface area contributed by atoms with Crippen molar-refractivity contribution in [3.63, 3.8) is 0 Å². The molecule has 4 rings (SSSR count). The first kappa shape index (κ1) is 21.6. The molecule has 1 saturated heterocycles. The van der Waals surface area contributed by atoms with Crippen LogP contribution in [-0.4, -0.2) is 51.4 Å². The van der Waals surface area contributed by atoms with Crippen molar-refractivity contribution >= 4 is 23.4 Å². The van der Waals surface area contributed by atoms with Crippen LogP contribution in [0, 0.1) is 5.92 Å². The summed E-state index contributed by atoms with van der Waals surface area (Å²) in [5.41, 5.74) is 0.763. The molecule has 1 aliphatic carbocycles. The van der Waals surface area contributed by atoms with E-state index in [4.69, 9.17) is 16.1 Å². The second-order valence-electron chi connectivity index (χ2n) is 8.20. The number of piperidine rings is 1. The SMILES string of the molecule is C=CCN(CC(=O)N1CCCCC1c1nc(-c2cccc(Cl)c2)no1)C(=O)C1CCC1. The third kappa shape index (κ3) is 4.82. The number of amides is 2. The molecule has 1 atom stereocenters. The van der Waals surface area contributed by atoms with Crippen LogP contribution in [0.15, 0.2) is 41.4 Å². The monoisotopic (exact) mass is 442 g/mol. The van der Waals surface area contributed by atoms with Crippen LogP contribution in [0.3, 0.4) is 0 Å². The average Bonchev–Trinajstić information content (AvgIpc) is 3.22. The van der Waals surface area contributed by atoms with Crippen molar-refractivity contribution < 1.29 is 14.1 Å². The summed E-state index contributed by atoms with van der Waals surface area (Å²) in [5, 5.41) is 4.69. The summed E-state index contributed by atoms with van der Waals surface area (Å²) in [6.45, 7) is 4.78. The van der Waals surface area contributed by atoms with Gasteiger partial charge in [0.1, 0.15) is 12.6 Å². The molecule has 1 aromatic carbocycles. The van der Waals surface area contributed by atoms with Gasteiger partial charge in [-0.15, -0.1) is 6.58 Å². The van der Waals surface area contributed by atoms with Crippen LogP contribution < -0.4 is 0 Å². The lowest BCUT2D eigenvalue weighted by Crippen LogP contribution is -2.48. The number of hydrogen-bond donors (Lipinski definition) is 0. The maximum atomic E-state index is 13.2. The van der Waals surface area contributed by atoms with E-state index in [9.17, 15) is 9.59 Å². The molecule has 8 heteroatoms. The van der Waals surface area contributed by atoms with Crippen molar-refractivity contribution in [3.8, 4) is 11.4 Å². The molecule has 1 aliphatic heterocycles. The summed E-state index contributed by atoms with van der Waals surface area (Å²) >= 11 is 6.07. The second kappa shape index (κ2) is 9.64. The Morgan fingerprint density at radius 2 is 2.10 bits per heavy atom. The zero-order valence-electron chi connectivity index (χ0n) is 17.5. The van der Waals surface area contributed by atoms with Crippen LogP contribution in [0.1, 0.15) is 50.5 Å². The molecule has 31 heavy (non-hydrogen) atoms. The summed E-state index contributed by atoms with van der Waals surface area (Å²) < 4.78 is 5.55. The number of carbonyl (C=O) groups is 2. The molecule has 1 aromatic heterocycles. The fraction of sp³-hybridized carbons (Fsp3) is 0.478. The van der Waals surface area contributed by atoms with Crippen molar-refractivity contribution in [3.05, 3.63) is 47.8 Å². The van der Waals surface area contributed by atoms with Crippen molar-refractivity contribution in [1.29, 1.82) is 0 Å². The normalized spacial score (nSPS) is 19.0. The highest BCUT2D eigenvalue weighted by Crippen LogP contribution is 2.32. The van der Waals surface area contributed by atoms with Crippen molar-refractivity contribution in [1.82, 2.24) is 19.9 Å². The molecule has 2 amide bonds. The van der Waals surface area contributed by atoms with Gasteiger partial charge in [-0.2, -0.15) is 4.98 Å². The summed E-state index contributed by atoms with van der Waals surface area (Å²) in [7, 11) is 0. The Morgan fingerprint density at radius 3 is 2.81 bits per heavy atom. The number of halogens is 1. The Morgan fingerprint density at radius 1 is 1.26 bits per heavy atom. The summed E-state index contributed by atoms with van der Waals surface area (Å²) in [6, 6.07) is 6.97. The maximum Gasteiger partial charge on any atom is 0.249 e. The molecule has 0 N–H and O–H groups in total. The zero-order chi connectivity index (χ0) is 21.8. The lowest BCUT2D eigenvalue weighted by atomic mass is 9.84. The number of rotatable bonds is 7. The van der Waals surface area contributed by atoms with Gasteiger partial charge >= 0.3 is 0 Å². The first-order valence-corrected chi connectivity index (χ1v) is 11.2. The Balaban J connectivity index is 1.49. The summed E-state index contributed by atoms with van der Waals surface area (Å²) in [5.74, 6) is 0.865. The highest BCUT2D eigenvalue weighted by atomic mass is 35.5. The zero-order valence-corrected chi connectivity index (χ0v) is 18.3. The molecular weight excluding hydrogens is 416 g/mol. The largest absolute Gasteiger partial charge is 0.337 e. The molecule has 2 aliphatic rings. The number of aromatic nitrogens is 2. The third-order valence-corrected chi connectivity index (χ3v) is 6.31. The van der Waals surface area contributed by atoms with Crippen LogP contribution in [0.4, 0.5) is 0 Å². The van der Waals surface area contributed by atoms with E-state index in [-0.39, 0.29) is 30.3 Å². The number of carbonyl (C=O) groups excluding carboxylic acids is 2. The van der Waals surface area contributed by atoms with E-state index in [0.717, 1.165) is 44.1 Å². The highest BCUT2D eigenvalue weighted by molar-refractivity contribution is 6.30. The number of hydrogen-bond acceptors (Lipinski definition) is 5. The first-order chi connectivity index (χ1) is 15.1. The van der Waals surface area contributed by atoms with Crippen LogP contribution in [0.25, 0.3) is 11.4 Å². The molecule has 1 unspecified atom stereocenters. The topological polar surface area (TPSA) is 79.5 Å². The van der Waals surface area contributed by atoms with E-state index >= 15 is 0 Å². The van der Waals surface area contributed by atoms with Crippen LogP contribution in [0.5, 0.6) is 0 Å². The molecule has 164 valence electrons. The van der Waals surface area contributed by atoms with E-state index in [0.29, 0.717) is 29.8 Å². The first-order valence-electron chi connectivity index (χ1n) is 10.9. The van der Waals surface area contributed by atoms with E-state index in [1.807, 2.05) is 12.1 Å². The molecule has 2 fully saturated rings. The van der Waals surface area contributed by atoms with Gasteiger partial charge in [0.25, 0.3) is 0 Å². The van der Waals surface area contributed by atoms with Crippen LogP contribution in [-0.2, 0) is 9.59 Å². The fourth-order valence-corrected chi connectivity index (χ4v) is 4.35. The van der Waals surface area contributed by atoms with E-state index in [1.54, 1.807) is 28.0 Å². The number of benzene rings is 1. The predicted octanol–water partition coefficient (Wildman–Crippen LogP) is 4.26. The maximum absolute atomic E-state index is 13.2. The molecule has 2 aromatic rings. The summed E-state index contributed by atoms with van der Waals surface area (Å²) in [6.07, 6.45) is 7.19. The van der Waals surface area contributed by atoms with Crippen molar-refractivity contribution in [2.75, 3.05) is 19.6 Å². The van der Waals surface area contributed by atoms with Crippen LogP contribution in [0.2, 0.25) is 5.02 Å². The predicted molar refractivity (Wildman–Crippen MR) is 117 cm³/mol. The Labute approximate surface area is 187 Å². The van der Waals surface area contributed by atoms with Gasteiger partial charge in [-0.05, 0) is 44.2 Å². The molecule has 0 bridgehead atoms. The number of nitrogens with zero attached hydrogens (tertiary/aromatic N) is 4. The minimum absolute atomic E-state index is 0.0427. The van der Waals surface area contributed by atoms with Gasteiger partial charge in [-0.3, -0.25) is 9.59 Å². The van der Waals surface area contributed by atoms with Gasteiger partial charge < -0.3 is 14.3 Å². The Hall–Kier alpha value is -2.67. The van der Waals surface area contributed by atoms with E-state index < -0.39 is 0 Å². The fourth-order valence-electron chi connectivity index (χ4n) is 4.16. The van der Waals surface area contributed by atoms with E-state index in [2.05, 4.69) is 16.7 Å². The Kier molecular flexibility index (Phi) is 6.70. The molecular formula is C23H27ClN4O3. The van der Waals surface area contributed by atoms with Gasteiger partial charge in [0.2, 0.25) is 23.5 Å². The Bertz CT molecular complexity index is 956. The van der Waals surface area contributed by atoms with Crippen molar-refractivity contribution in [2.24, 2.45) is 5.92 Å². The number of likely N-dealkylation sites (tertiary alicyclic amines) is 1. The quantitative estimate of drug-likeness (QED) is 0.598. The highest BCUT2D eigenvalue weighted by Gasteiger charge is 2.35. The van der Waals surface area contributed by atoms with Gasteiger partial charge in [0.15, 0.2) is 0 Å². The lowest BCUT2D eigenvalue weighted by Gasteiger charge is -2.36. The summed E-state index contributed by atoms with van der Waals surface area (Å²) in [4.78, 5) is 33.9. The molecule has 7 nitrogen and oxygen atoms in total. The van der Waals surface area contributed by atoms with Gasteiger partial charge in [-0.1, -0.05) is 41.4 Å². The van der Waals surface area contributed by atoms with Gasteiger partial charge in [-0.25, -0.2) is 0 Å². The smallest absolute Gasteiger partial charge is 0.249 e. The minimum atomic E-state index is -0.286. The van der Waals surface area contributed by atoms with Gasteiger partial charge in [0.05, 0.1) is 0 Å². The minimum Gasteiger partial charge on any atom is -0.337 e. The van der Waals surface area contributed by atoms with Gasteiger partial charge in [0, 0.05) is 29.6 Å². The average molecular weight is 443 g/mol.